The van der Waals surface area contributed by atoms with E-state index in [4.69, 9.17) is 4.74 Å². The first-order chi connectivity index (χ1) is 11.9. The van der Waals surface area contributed by atoms with Crippen molar-refractivity contribution in [3.8, 4) is 0 Å². The first-order valence-electron chi connectivity index (χ1n) is 7.95. The molecule has 0 saturated carbocycles. The van der Waals surface area contributed by atoms with Crippen LogP contribution in [0.4, 0.5) is 0 Å². The molecule has 1 aromatic carbocycles. The van der Waals surface area contributed by atoms with Crippen LogP contribution in [0.25, 0.3) is 11.0 Å². The van der Waals surface area contributed by atoms with Crippen molar-refractivity contribution >= 4 is 27.0 Å². The molecule has 1 heterocycles. The van der Waals surface area contributed by atoms with Gasteiger partial charge in [0.15, 0.2) is 0 Å². The molecule has 1 amide bonds. The van der Waals surface area contributed by atoms with Crippen LogP contribution in [0.2, 0.25) is 0 Å². The molecule has 10 heteroatoms. The van der Waals surface area contributed by atoms with E-state index in [1.165, 1.54) is 19.2 Å². The third-order valence-corrected chi connectivity index (χ3v) is 5.44. The third kappa shape index (κ3) is 4.53. The molecule has 0 aliphatic rings. The normalized spacial score (nSPS) is 12.0. The number of carbonyl (C=O) groups is 1. The lowest BCUT2D eigenvalue weighted by Crippen LogP contribution is -2.38. The van der Waals surface area contributed by atoms with Gasteiger partial charge in [0.1, 0.15) is 5.52 Å². The monoisotopic (exact) mass is 369 g/mol. The van der Waals surface area contributed by atoms with E-state index in [2.05, 4.69) is 15.6 Å². The summed E-state index contributed by atoms with van der Waals surface area (Å²) >= 11 is 0. The number of likely N-dealkylation sites (N-methyl/N-ethyl adjacent to an activating group) is 1. The summed E-state index contributed by atoms with van der Waals surface area (Å²) in [5.74, 6) is -0.334. The van der Waals surface area contributed by atoms with E-state index in [9.17, 15) is 13.2 Å². The van der Waals surface area contributed by atoms with E-state index < -0.39 is 10.0 Å². The summed E-state index contributed by atoms with van der Waals surface area (Å²) < 4.78 is 33.0. The van der Waals surface area contributed by atoms with Gasteiger partial charge >= 0.3 is 0 Å². The van der Waals surface area contributed by atoms with Crippen molar-refractivity contribution in [2.45, 2.75) is 24.8 Å². The van der Waals surface area contributed by atoms with Gasteiger partial charge in [0.05, 0.1) is 30.1 Å². The number of ether oxygens (including phenoxy) is 1. The molecule has 1 N–H and O–H groups in total. The van der Waals surface area contributed by atoms with Crippen molar-refractivity contribution in [1.82, 2.24) is 24.6 Å². The molecule has 0 fully saturated rings. The summed E-state index contributed by atoms with van der Waals surface area (Å²) in [5.41, 5.74) is 1.19. The number of sulfonamides is 1. The molecule has 138 valence electrons. The van der Waals surface area contributed by atoms with E-state index in [1.54, 1.807) is 17.9 Å². The minimum Gasteiger partial charge on any atom is -0.383 e. The maximum absolute atomic E-state index is 12.6. The number of rotatable bonds is 9. The van der Waals surface area contributed by atoms with Gasteiger partial charge in [0, 0.05) is 20.7 Å². The number of hydrogen-bond donors (Lipinski definition) is 1. The Morgan fingerprint density at radius 1 is 1.40 bits per heavy atom. The molecule has 0 saturated heterocycles. The van der Waals surface area contributed by atoms with E-state index in [0.717, 1.165) is 16.2 Å². The number of hydrogen-bond acceptors (Lipinski definition) is 6. The minimum absolute atomic E-state index is 0.0737. The number of benzene rings is 1. The molecule has 0 spiro atoms. The van der Waals surface area contributed by atoms with Gasteiger partial charge in [0.2, 0.25) is 15.9 Å². The quantitative estimate of drug-likeness (QED) is 0.678. The Bertz CT molecular complexity index is 834. The van der Waals surface area contributed by atoms with E-state index in [-0.39, 0.29) is 17.3 Å². The summed E-state index contributed by atoms with van der Waals surface area (Å²) in [6.45, 7) is 3.21. The number of carbonyl (C=O) groups excluding carboxylic acids is 1. The van der Waals surface area contributed by atoms with Crippen LogP contribution in [0.1, 0.15) is 13.3 Å². The van der Waals surface area contributed by atoms with Gasteiger partial charge in [-0.05, 0) is 24.6 Å². The summed E-state index contributed by atoms with van der Waals surface area (Å²) in [7, 11) is -0.818. The second-order valence-corrected chi connectivity index (χ2v) is 7.61. The van der Waals surface area contributed by atoms with Crippen molar-refractivity contribution < 1.29 is 17.9 Å². The summed E-state index contributed by atoms with van der Waals surface area (Å²) in [4.78, 5) is 11.8. The van der Waals surface area contributed by atoms with Crippen LogP contribution < -0.4 is 5.32 Å². The Morgan fingerprint density at radius 2 is 2.16 bits per heavy atom. The topological polar surface area (TPSA) is 106 Å². The molecular weight excluding hydrogens is 346 g/mol. The molecule has 0 bridgehead atoms. The summed E-state index contributed by atoms with van der Waals surface area (Å²) in [6, 6.07) is 4.61. The van der Waals surface area contributed by atoms with Gasteiger partial charge in [-0.2, -0.15) is 4.31 Å². The highest BCUT2D eigenvalue weighted by molar-refractivity contribution is 7.89. The fraction of sp³-hybridized carbons (Fsp3) is 0.533. The SMILES string of the molecule is CCCNC(=O)CN(C)S(=O)(=O)c1ccc2c(c1)nnn2CCOC. The fourth-order valence-corrected chi connectivity index (χ4v) is 3.39. The van der Waals surface area contributed by atoms with Crippen LogP contribution in [0.3, 0.4) is 0 Å². The fourth-order valence-electron chi connectivity index (χ4n) is 2.24. The van der Waals surface area contributed by atoms with Gasteiger partial charge in [-0.15, -0.1) is 5.10 Å². The van der Waals surface area contributed by atoms with Crippen molar-refractivity contribution in [1.29, 1.82) is 0 Å². The highest BCUT2D eigenvalue weighted by Gasteiger charge is 2.23. The van der Waals surface area contributed by atoms with Crippen molar-refractivity contribution in [3.05, 3.63) is 18.2 Å². The van der Waals surface area contributed by atoms with Crippen LogP contribution in [-0.4, -0.2) is 67.5 Å². The van der Waals surface area contributed by atoms with Crippen LogP contribution in [0.15, 0.2) is 23.1 Å². The number of nitrogens with zero attached hydrogens (tertiary/aromatic N) is 4. The summed E-state index contributed by atoms with van der Waals surface area (Å²) in [5, 5.41) is 10.7. The summed E-state index contributed by atoms with van der Waals surface area (Å²) in [6.07, 6.45) is 0.789. The maximum Gasteiger partial charge on any atom is 0.243 e. The van der Waals surface area contributed by atoms with Crippen LogP contribution in [-0.2, 0) is 26.1 Å². The first-order valence-corrected chi connectivity index (χ1v) is 9.39. The van der Waals surface area contributed by atoms with Gasteiger partial charge in [-0.3, -0.25) is 4.79 Å². The predicted octanol–water partition coefficient (Wildman–Crippen LogP) is 0.224. The predicted molar refractivity (Wildman–Crippen MR) is 92.5 cm³/mol. The highest BCUT2D eigenvalue weighted by atomic mass is 32.2. The Kier molecular flexibility index (Phi) is 6.45. The number of methoxy groups -OCH3 is 1. The van der Waals surface area contributed by atoms with E-state index >= 15 is 0 Å². The molecule has 25 heavy (non-hydrogen) atoms. The largest absolute Gasteiger partial charge is 0.383 e. The van der Waals surface area contributed by atoms with Gasteiger partial charge < -0.3 is 10.1 Å². The zero-order valence-electron chi connectivity index (χ0n) is 14.6. The number of amides is 1. The number of nitrogens with one attached hydrogen (secondary N) is 1. The highest BCUT2D eigenvalue weighted by Crippen LogP contribution is 2.19. The smallest absolute Gasteiger partial charge is 0.243 e. The lowest BCUT2D eigenvalue weighted by atomic mass is 10.3. The molecule has 0 unspecified atom stereocenters. The van der Waals surface area contributed by atoms with Crippen LogP contribution >= 0.6 is 0 Å². The molecule has 1 aromatic heterocycles. The average molecular weight is 369 g/mol. The third-order valence-electron chi connectivity index (χ3n) is 3.64. The molecule has 0 aliphatic heterocycles. The zero-order valence-corrected chi connectivity index (χ0v) is 15.4. The Hall–Kier alpha value is -2.04. The lowest BCUT2D eigenvalue weighted by molar-refractivity contribution is -0.121. The van der Waals surface area contributed by atoms with E-state index in [1.807, 2.05) is 6.92 Å². The number of aromatic nitrogens is 3. The molecule has 0 aliphatic carbocycles. The Balaban J connectivity index is 2.19. The maximum atomic E-state index is 12.6. The molecular formula is C15H23N5O4S. The number of fused-ring (bicyclic) bond motifs is 1. The second kappa shape index (κ2) is 8.37. The Labute approximate surface area is 147 Å². The Morgan fingerprint density at radius 3 is 2.84 bits per heavy atom. The second-order valence-electron chi connectivity index (χ2n) is 5.57. The van der Waals surface area contributed by atoms with Crippen molar-refractivity contribution in [2.75, 3.05) is 33.9 Å². The van der Waals surface area contributed by atoms with Crippen LogP contribution in [0, 0.1) is 0 Å². The standard InChI is InChI=1S/C15H23N5O4S/c1-4-7-16-15(21)11-19(2)25(22,23)12-5-6-14-13(10-12)17-18-20(14)8-9-24-3/h5-6,10H,4,7-9,11H2,1-3H3,(H,16,21). The first kappa shape index (κ1) is 19.3. The van der Waals surface area contributed by atoms with Crippen molar-refractivity contribution in [2.24, 2.45) is 0 Å². The average Bonchev–Trinajstić information content (AvgIpc) is 3.00. The van der Waals surface area contributed by atoms with Crippen LogP contribution in [0.5, 0.6) is 0 Å². The molecule has 2 aromatic rings. The zero-order chi connectivity index (χ0) is 18.4. The molecule has 9 nitrogen and oxygen atoms in total. The minimum atomic E-state index is -3.79. The molecule has 0 radical (unpaired) electrons. The van der Waals surface area contributed by atoms with E-state index in [0.29, 0.717) is 25.2 Å². The van der Waals surface area contributed by atoms with Crippen molar-refractivity contribution in [3.63, 3.8) is 0 Å². The molecule has 2 rings (SSSR count). The van der Waals surface area contributed by atoms with Gasteiger partial charge in [-0.25, -0.2) is 13.1 Å². The van der Waals surface area contributed by atoms with Gasteiger partial charge in [-0.1, -0.05) is 12.1 Å². The molecule has 0 atom stereocenters. The lowest BCUT2D eigenvalue weighted by Gasteiger charge is -2.16. The van der Waals surface area contributed by atoms with Gasteiger partial charge in [0.25, 0.3) is 0 Å².